The van der Waals surface area contributed by atoms with Gasteiger partial charge in [-0.25, -0.2) is 0 Å². The highest BCUT2D eigenvalue weighted by molar-refractivity contribution is 4.90. The second kappa shape index (κ2) is 2.86. The molecule has 0 heterocycles. The monoisotopic (exact) mass is 146 g/mol. The minimum absolute atomic E-state index is 0.337. The van der Waals surface area contributed by atoms with Gasteiger partial charge in [0.25, 0.3) is 0 Å². The summed E-state index contributed by atoms with van der Waals surface area (Å²) in [5, 5.41) is 27.2. The zero-order valence-corrected chi connectivity index (χ0v) is 5.95. The molecular formula is C7H14O3. The molecule has 60 valence electrons. The first-order chi connectivity index (χ1) is 4.69. The van der Waals surface area contributed by atoms with E-state index < -0.39 is 11.7 Å². The summed E-state index contributed by atoms with van der Waals surface area (Å²) in [4.78, 5) is 0. The lowest BCUT2D eigenvalue weighted by Gasteiger charge is -2.26. The van der Waals surface area contributed by atoms with E-state index in [1.807, 2.05) is 0 Å². The quantitative estimate of drug-likeness (QED) is 0.499. The third-order valence-electron chi connectivity index (χ3n) is 2.26. The fraction of sp³-hybridized carbons (Fsp3) is 1.00. The molecule has 1 fully saturated rings. The van der Waals surface area contributed by atoms with E-state index >= 15 is 0 Å². The Hall–Kier alpha value is -0.120. The molecule has 3 nitrogen and oxygen atoms in total. The summed E-state index contributed by atoms with van der Waals surface area (Å²) >= 11 is 0. The van der Waals surface area contributed by atoms with E-state index in [1.165, 1.54) is 0 Å². The molecule has 0 aromatic rings. The maximum atomic E-state index is 9.55. The summed E-state index contributed by atoms with van der Waals surface area (Å²) in [7, 11) is 0. The second-order valence-electron chi connectivity index (χ2n) is 3.01. The van der Waals surface area contributed by atoms with Crippen LogP contribution in [0.15, 0.2) is 0 Å². The smallest absolute Gasteiger partial charge is 0.106 e. The number of aliphatic hydroxyl groups excluding tert-OH is 2. The highest BCUT2D eigenvalue weighted by atomic mass is 16.4. The van der Waals surface area contributed by atoms with Crippen LogP contribution in [0.5, 0.6) is 0 Å². The van der Waals surface area contributed by atoms with Crippen LogP contribution in [0.1, 0.15) is 25.7 Å². The fourth-order valence-electron chi connectivity index (χ4n) is 1.49. The van der Waals surface area contributed by atoms with Crippen molar-refractivity contribution in [3.8, 4) is 0 Å². The van der Waals surface area contributed by atoms with Gasteiger partial charge in [-0.05, 0) is 12.8 Å². The Labute approximate surface area is 60.3 Å². The second-order valence-corrected chi connectivity index (χ2v) is 3.01. The molecule has 1 aliphatic rings. The van der Waals surface area contributed by atoms with Gasteiger partial charge in [0.1, 0.15) is 6.10 Å². The summed E-state index contributed by atoms with van der Waals surface area (Å²) < 4.78 is 0. The fourth-order valence-corrected chi connectivity index (χ4v) is 1.49. The number of hydrogen-bond donors (Lipinski definition) is 3. The van der Waals surface area contributed by atoms with Crippen molar-refractivity contribution in [2.45, 2.75) is 37.4 Å². The van der Waals surface area contributed by atoms with Gasteiger partial charge in [-0.2, -0.15) is 0 Å². The Morgan fingerprint density at radius 3 is 2.20 bits per heavy atom. The standard InChI is InChI=1S/C7H14O3/c8-5-6(9)7(10)3-1-2-4-7/h6,8-10H,1-5H2. The molecule has 3 heteroatoms. The number of rotatable bonds is 2. The van der Waals surface area contributed by atoms with Crippen LogP contribution in [0.4, 0.5) is 0 Å². The lowest BCUT2D eigenvalue weighted by Crippen LogP contribution is -2.41. The molecule has 0 radical (unpaired) electrons. The van der Waals surface area contributed by atoms with Gasteiger partial charge in [-0.3, -0.25) is 0 Å². The molecule has 0 bridgehead atoms. The molecule has 0 spiro atoms. The van der Waals surface area contributed by atoms with Crippen molar-refractivity contribution in [2.24, 2.45) is 0 Å². The highest BCUT2D eigenvalue weighted by Gasteiger charge is 2.37. The molecule has 0 amide bonds. The molecule has 1 saturated carbocycles. The first kappa shape index (κ1) is 7.98. The van der Waals surface area contributed by atoms with E-state index in [2.05, 4.69) is 0 Å². The molecule has 1 rings (SSSR count). The molecule has 0 aromatic heterocycles. The van der Waals surface area contributed by atoms with E-state index in [4.69, 9.17) is 10.2 Å². The van der Waals surface area contributed by atoms with Crippen LogP contribution in [0.25, 0.3) is 0 Å². The van der Waals surface area contributed by atoms with Crippen molar-refractivity contribution >= 4 is 0 Å². The van der Waals surface area contributed by atoms with Gasteiger partial charge in [0.2, 0.25) is 0 Å². The molecule has 0 aliphatic heterocycles. The molecule has 1 aliphatic carbocycles. The summed E-state index contributed by atoms with van der Waals surface area (Å²) in [6.07, 6.45) is 2.19. The average Bonchev–Trinajstić information content (AvgIpc) is 2.36. The minimum atomic E-state index is -0.991. The molecule has 3 N–H and O–H groups in total. The van der Waals surface area contributed by atoms with E-state index in [-0.39, 0.29) is 6.61 Å². The van der Waals surface area contributed by atoms with Gasteiger partial charge in [0, 0.05) is 0 Å². The van der Waals surface area contributed by atoms with Crippen LogP contribution in [-0.4, -0.2) is 33.6 Å². The largest absolute Gasteiger partial charge is 0.394 e. The van der Waals surface area contributed by atoms with Crippen molar-refractivity contribution < 1.29 is 15.3 Å². The van der Waals surface area contributed by atoms with Gasteiger partial charge < -0.3 is 15.3 Å². The van der Waals surface area contributed by atoms with Crippen LogP contribution in [0.2, 0.25) is 0 Å². The van der Waals surface area contributed by atoms with E-state index in [9.17, 15) is 5.11 Å². The molecule has 0 saturated heterocycles. The molecular weight excluding hydrogens is 132 g/mol. The lowest BCUT2D eigenvalue weighted by atomic mass is 9.96. The molecule has 0 aromatic carbocycles. The van der Waals surface area contributed by atoms with Crippen molar-refractivity contribution in [2.75, 3.05) is 6.61 Å². The lowest BCUT2D eigenvalue weighted by molar-refractivity contribution is -0.0897. The Balaban J connectivity index is 2.49. The third-order valence-corrected chi connectivity index (χ3v) is 2.26. The normalized spacial score (nSPS) is 26.7. The summed E-state index contributed by atoms with van der Waals surface area (Å²) in [6, 6.07) is 0. The first-order valence-electron chi connectivity index (χ1n) is 3.70. The van der Waals surface area contributed by atoms with Crippen LogP contribution in [-0.2, 0) is 0 Å². The average molecular weight is 146 g/mol. The first-order valence-corrected chi connectivity index (χ1v) is 3.70. The van der Waals surface area contributed by atoms with Crippen LogP contribution >= 0.6 is 0 Å². The molecule has 10 heavy (non-hydrogen) atoms. The maximum absolute atomic E-state index is 9.55. The number of aliphatic hydroxyl groups is 3. The summed E-state index contributed by atoms with van der Waals surface area (Å²) in [6.45, 7) is -0.337. The van der Waals surface area contributed by atoms with Crippen LogP contribution in [0, 0.1) is 0 Å². The highest BCUT2D eigenvalue weighted by Crippen LogP contribution is 2.31. The van der Waals surface area contributed by atoms with Crippen molar-refractivity contribution in [3.05, 3.63) is 0 Å². The Kier molecular flexibility index (Phi) is 2.28. The van der Waals surface area contributed by atoms with Gasteiger partial charge in [0.05, 0.1) is 12.2 Å². The SMILES string of the molecule is OCC(O)C1(O)CCCC1. The zero-order valence-electron chi connectivity index (χ0n) is 5.95. The minimum Gasteiger partial charge on any atom is -0.394 e. The Morgan fingerprint density at radius 2 is 1.80 bits per heavy atom. The Morgan fingerprint density at radius 1 is 1.30 bits per heavy atom. The summed E-state index contributed by atoms with van der Waals surface area (Å²) in [5.41, 5.74) is -0.991. The van der Waals surface area contributed by atoms with Crippen LogP contribution < -0.4 is 0 Å². The van der Waals surface area contributed by atoms with E-state index in [1.54, 1.807) is 0 Å². The van der Waals surface area contributed by atoms with Crippen molar-refractivity contribution in [3.63, 3.8) is 0 Å². The molecule has 1 atom stereocenters. The predicted octanol–water partition coefficient (Wildman–Crippen LogP) is -0.355. The van der Waals surface area contributed by atoms with Crippen molar-refractivity contribution in [1.82, 2.24) is 0 Å². The summed E-state index contributed by atoms with van der Waals surface area (Å²) in [5.74, 6) is 0. The van der Waals surface area contributed by atoms with Gasteiger partial charge in [-0.1, -0.05) is 12.8 Å². The number of hydrogen-bond acceptors (Lipinski definition) is 3. The van der Waals surface area contributed by atoms with Crippen LogP contribution in [0.3, 0.4) is 0 Å². The zero-order chi connectivity index (χ0) is 7.61. The predicted molar refractivity (Wildman–Crippen MR) is 36.5 cm³/mol. The van der Waals surface area contributed by atoms with Gasteiger partial charge >= 0.3 is 0 Å². The van der Waals surface area contributed by atoms with E-state index in [0.717, 1.165) is 12.8 Å². The maximum Gasteiger partial charge on any atom is 0.106 e. The Bertz CT molecular complexity index is 107. The van der Waals surface area contributed by atoms with Crippen molar-refractivity contribution in [1.29, 1.82) is 0 Å². The topological polar surface area (TPSA) is 60.7 Å². The van der Waals surface area contributed by atoms with E-state index in [0.29, 0.717) is 12.8 Å². The molecule has 1 unspecified atom stereocenters. The van der Waals surface area contributed by atoms with Gasteiger partial charge in [-0.15, -0.1) is 0 Å². The van der Waals surface area contributed by atoms with Gasteiger partial charge in [0.15, 0.2) is 0 Å². The third kappa shape index (κ3) is 1.31.